The Balaban J connectivity index is 2.93. The van der Waals surface area contributed by atoms with Gasteiger partial charge in [0.1, 0.15) is 5.02 Å². The first-order valence-electron chi connectivity index (χ1n) is 5.20. The van der Waals surface area contributed by atoms with Crippen LogP contribution in [-0.4, -0.2) is 16.3 Å². The van der Waals surface area contributed by atoms with Gasteiger partial charge in [0.15, 0.2) is 0 Å². The molecule has 0 aliphatic rings. The molecule has 0 unspecified atom stereocenters. The minimum absolute atomic E-state index is 0.185. The number of halogens is 1. The molecule has 0 aliphatic heterocycles. The molecule has 0 fully saturated rings. The van der Waals surface area contributed by atoms with E-state index in [1.807, 2.05) is 13.8 Å². The second-order valence-corrected chi connectivity index (χ2v) is 4.09. The maximum absolute atomic E-state index is 11.7. The number of nitrogens with one attached hydrogen (secondary N) is 1. The zero-order valence-corrected chi connectivity index (χ0v) is 10.3. The molecule has 0 radical (unpaired) electrons. The smallest absolute Gasteiger partial charge is 0.287 e. The molecule has 0 spiro atoms. The molecular formula is C11H16ClN3O. The van der Waals surface area contributed by atoms with Crippen molar-refractivity contribution in [2.45, 2.75) is 26.8 Å². The summed E-state index contributed by atoms with van der Waals surface area (Å²) in [6.07, 6.45) is 2.42. The van der Waals surface area contributed by atoms with Crippen LogP contribution in [0.3, 0.4) is 0 Å². The maximum atomic E-state index is 11.7. The van der Waals surface area contributed by atoms with Crippen molar-refractivity contribution >= 4 is 17.3 Å². The predicted molar refractivity (Wildman–Crippen MR) is 67.1 cm³/mol. The van der Waals surface area contributed by atoms with Gasteiger partial charge in [-0.2, -0.15) is 5.10 Å². The van der Waals surface area contributed by atoms with E-state index in [9.17, 15) is 4.79 Å². The zero-order chi connectivity index (χ0) is 12.1. The fraction of sp³-hybridized carbons (Fsp3) is 0.455. The average Bonchev–Trinajstić information content (AvgIpc) is 2.24. The van der Waals surface area contributed by atoms with E-state index < -0.39 is 0 Å². The van der Waals surface area contributed by atoms with E-state index in [0.717, 1.165) is 12.0 Å². The van der Waals surface area contributed by atoms with Gasteiger partial charge in [0.05, 0.1) is 11.9 Å². The van der Waals surface area contributed by atoms with Crippen LogP contribution >= 0.6 is 11.6 Å². The quantitative estimate of drug-likeness (QED) is 0.805. The van der Waals surface area contributed by atoms with Crippen LogP contribution in [0.2, 0.25) is 5.02 Å². The van der Waals surface area contributed by atoms with Crippen LogP contribution < -0.4 is 10.9 Å². The van der Waals surface area contributed by atoms with E-state index in [1.54, 1.807) is 6.20 Å². The second-order valence-electron chi connectivity index (χ2n) is 3.71. The topological polar surface area (TPSA) is 46.9 Å². The lowest BCUT2D eigenvalue weighted by atomic mass is 10.3. The molecule has 0 bridgehead atoms. The fourth-order valence-corrected chi connectivity index (χ4v) is 1.42. The van der Waals surface area contributed by atoms with Gasteiger partial charge in [-0.15, -0.1) is 0 Å². The van der Waals surface area contributed by atoms with Crippen LogP contribution in [0.25, 0.3) is 0 Å². The van der Waals surface area contributed by atoms with Crippen molar-refractivity contribution < 1.29 is 0 Å². The maximum Gasteiger partial charge on any atom is 0.287 e. The summed E-state index contributed by atoms with van der Waals surface area (Å²) in [4.78, 5) is 11.7. The molecule has 1 rings (SSSR count). The molecule has 0 saturated heterocycles. The van der Waals surface area contributed by atoms with Crippen molar-refractivity contribution in [3.8, 4) is 0 Å². The van der Waals surface area contributed by atoms with Gasteiger partial charge in [-0.05, 0) is 13.3 Å². The summed E-state index contributed by atoms with van der Waals surface area (Å²) in [5, 5.41) is 7.23. The third-order valence-electron chi connectivity index (χ3n) is 2.00. The Morgan fingerprint density at radius 3 is 2.94 bits per heavy atom. The van der Waals surface area contributed by atoms with Gasteiger partial charge in [0.2, 0.25) is 0 Å². The number of hydrogen-bond donors (Lipinski definition) is 1. The zero-order valence-electron chi connectivity index (χ0n) is 9.59. The van der Waals surface area contributed by atoms with Gasteiger partial charge in [0.25, 0.3) is 5.56 Å². The highest BCUT2D eigenvalue weighted by molar-refractivity contribution is 6.32. The first-order valence-corrected chi connectivity index (χ1v) is 5.58. The molecule has 0 amide bonds. The SMILES string of the molecule is C=C(C)CNc1cnn(CCC)c(=O)c1Cl. The normalized spacial score (nSPS) is 10.2. The summed E-state index contributed by atoms with van der Waals surface area (Å²) >= 11 is 5.95. The molecule has 1 aromatic rings. The van der Waals surface area contributed by atoms with Gasteiger partial charge >= 0.3 is 0 Å². The summed E-state index contributed by atoms with van der Waals surface area (Å²) < 4.78 is 1.37. The number of aryl methyl sites for hydroxylation is 1. The van der Waals surface area contributed by atoms with Crippen molar-refractivity contribution in [2.75, 3.05) is 11.9 Å². The van der Waals surface area contributed by atoms with Gasteiger partial charge < -0.3 is 5.32 Å². The number of nitrogens with zero attached hydrogens (tertiary/aromatic N) is 2. The molecule has 88 valence electrons. The molecule has 1 aromatic heterocycles. The van der Waals surface area contributed by atoms with E-state index in [2.05, 4.69) is 17.0 Å². The fourth-order valence-electron chi connectivity index (χ4n) is 1.21. The number of aromatic nitrogens is 2. The molecule has 1 N–H and O–H groups in total. The Kier molecular flexibility index (Phi) is 4.55. The summed E-state index contributed by atoms with van der Waals surface area (Å²) in [5.74, 6) is 0. The van der Waals surface area contributed by atoms with Crippen molar-refractivity contribution in [1.82, 2.24) is 9.78 Å². The lowest BCUT2D eigenvalue weighted by molar-refractivity contribution is 0.568. The standard InChI is InChI=1S/C11H16ClN3O/c1-4-5-15-11(16)10(12)9(7-14-15)13-6-8(2)3/h7,13H,2,4-6H2,1,3H3. The molecule has 16 heavy (non-hydrogen) atoms. The number of anilines is 1. The summed E-state index contributed by atoms with van der Waals surface area (Å²) in [6.45, 7) is 8.80. The Bertz CT molecular complexity index is 439. The lowest BCUT2D eigenvalue weighted by Crippen LogP contribution is -2.24. The Hall–Kier alpha value is -1.29. The second kappa shape index (κ2) is 5.70. The third-order valence-corrected chi connectivity index (χ3v) is 2.37. The monoisotopic (exact) mass is 241 g/mol. The Morgan fingerprint density at radius 2 is 2.38 bits per heavy atom. The van der Waals surface area contributed by atoms with E-state index in [-0.39, 0.29) is 10.6 Å². The van der Waals surface area contributed by atoms with E-state index in [0.29, 0.717) is 18.8 Å². The third kappa shape index (κ3) is 3.10. The largest absolute Gasteiger partial charge is 0.379 e. The minimum atomic E-state index is -0.254. The van der Waals surface area contributed by atoms with E-state index in [1.165, 1.54) is 4.68 Å². The molecule has 5 heteroatoms. The summed E-state index contributed by atoms with van der Waals surface area (Å²) in [5.41, 5.74) is 1.27. The predicted octanol–water partition coefficient (Wildman–Crippen LogP) is 2.29. The van der Waals surface area contributed by atoms with Crippen molar-refractivity contribution in [1.29, 1.82) is 0 Å². The molecule has 0 saturated carbocycles. The van der Waals surface area contributed by atoms with Gasteiger partial charge in [0, 0.05) is 13.1 Å². The highest BCUT2D eigenvalue weighted by Gasteiger charge is 2.07. The molecule has 1 heterocycles. The van der Waals surface area contributed by atoms with Crippen molar-refractivity contribution in [3.05, 3.63) is 33.7 Å². The first kappa shape index (κ1) is 12.8. The van der Waals surface area contributed by atoms with Crippen LogP contribution in [0.5, 0.6) is 0 Å². The first-order chi connectivity index (χ1) is 7.56. The molecule has 0 atom stereocenters. The van der Waals surface area contributed by atoms with Gasteiger partial charge in [-0.25, -0.2) is 4.68 Å². The lowest BCUT2D eigenvalue weighted by Gasteiger charge is -2.09. The van der Waals surface area contributed by atoms with Gasteiger partial charge in [-0.3, -0.25) is 4.79 Å². The number of hydrogen-bond acceptors (Lipinski definition) is 3. The van der Waals surface area contributed by atoms with Crippen LogP contribution in [0.4, 0.5) is 5.69 Å². The molecule has 0 aromatic carbocycles. The minimum Gasteiger partial charge on any atom is -0.379 e. The summed E-state index contributed by atoms with van der Waals surface area (Å²) in [6, 6.07) is 0. The molecule has 0 aliphatic carbocycles. The number of rotatable bonds is 5. The van der Waals surface area contributed by atoms with Gasteiger partial charge in [-0.1, -0.05) is 30.7 Å². The molecular weight excluding hydrogens is 226 g/mol. The average molecular weight is 242 g/mol. The molecule has 4 nitrogen and oxygen atoms in total. The van der Waals surface area contributed by atoms with Crippen LogP contribution in [0.1, 0.15) is 20.3 Å². The van der Waals surface area contributed by atoms with Crippen LogP contribution in [-0.2, 0) is 6.54 Å². The highest BCUT2D eigenvalue weighted by atomic mass is 35.5. The Labute approximate surface area is 99.9 Å². The van der Waals surface area contributed by atoms with Crippen molar-refractivity contribution in [3.63, 3.8) is 0 Å². The summed E-state index contributed by atoms with van der Waals surface area (Å²) in [7, 11) is 0. The van der Waals surface area contributed by atoms with Crippen LogP contribution in [0, 0.1) is 0 Å². The van der Waals surface area contributed by atoms with Crippen LogP contribution in [0.15, 0.2) is 23.1 Å². The van der Waals surface area contributed by atoms with E-state index >= 15 is 0 Å². The Morgan fingerprint density at radius 1 is 1.69 bits per heavy atom. The van der Waals surface area contributed by atoms with Crippen molar-refractivity contribution in [2.24, 2.45) is 0 Å². The highest BCUT2D eigenvalue weighted by Crippen LogP contribution is 2.15. The van der Waals surface area contributed by atoms with E-state index in [4.69, 9.17) is 11.6 Å².